The molecule has 0 bridgehead atoms. The second-order valence-corrected chi connectivity index (χ2v) is 26.2. The number of unbranched alkanes of at least 4 members (excludes halogenated alkanes) is 28. The number of hydrogen-bond donors (Lipinski definition) is 4. The Balaban J connectivity index is 5.41. The van der Waals surface area contributed by atoms with Crippen molar-refractivity contribution in [2.75, 3.05) is 112 Å². The first-order valence-electron chi connectivity index (χ1n) is 37.5. The van der Waals surface area contributed by atoms with Gasteiger partial charge >= 0.3 is 0 Å². The molecule has 0 saturated heterocycles. The maximum absolute atomic E-state index is 13.2. The molecule has 0 spiro atoms. The van der Waals surface area contributed by atoms with Gasteiger partial charge in [-0.2, -0.15) is 0 Å². The average Bonchev–Trinajstić information content (AvgIpc) is 3.52. The van der Waals surface area contributed by atoms with Crippen LogP contribution in [0.5, 0.6) is 0 Å². The smallest absolute Gasteiger partial charge is 0.221 e. The zero-order valence-corrected chi connectivity index (χ0v) is 59.5. The first kappa shape index (κ1) is 85.6. The molecule has 4 N–H and O–H groups in total. The molecule has 0 aromatic heterocycles. The quantitative estimate of drug-likeness (QED) is 0.0429. The van der Waals surface area contributed by atoms with Gasteiger partial charge in [0.15, 0.2) is 0 Å². The van der Waals surface area contributed by atoms with E-state index in [2.05, 4.69) is 98.4 Å². The monoisotopic (exact) mass is 1250 g/mol. The Bertz CT molecular complexity index is 1320. The van der Waals surface area contributed by atoms with Crippen molar-refractivity contribution in [2.45, 2.75) is 337 Å². The first-order valence-corrected chi connectivity index (χ1v) is 37.5. The van der Waals surface area contributed by atoms with E-state index in [-0.39, 0.29) is 48.0 Å². The summed E-state index contributed by atoms with van der Waals surface area (Å²) in [5.74, 6) is -0.0688. The number of likely N-dealkylation sites (N-methyl/N-ethyl adjacent to an activating group) is 1. The van der Waals surface area contributed by atoms with Gasteiger partial charge in [0.2, 0.25) is 23.6 Å². The summed E-state index contributed by atoms with van der Waals surface area (Å²) in [6.45, 7) is 26.4. The van der Waals surface area contributed by atoms with Crippen LogP contribution < -0.4 is 21.3 Å². The maximum Gasteiger partial charge on any atom is 0.221 e. The minimum absolute atomic E-state index is 0.0172. The van der Waals surface area contributed by atoms with Gasteiger partial charge in [-0.15, -0.1) is 0 Å². The van der Waals surface area contributed by atoms with Crippen molar-refractivity contribution in [1.29, 1.82) is 0 Å². The number of carbonyl (C=O) groups excluding carboxylic acids is 4. The molecule has 522 valence electrons. The van der Waals surface area contributed by atoms with Gasteiger partial charge in [-0.3, -0.25) is 19.2 Å². The summed E-state index contributed by atoms with van der Waals surface area (Å²) in [6.07, 6.45) is 47.7. The molecule has 0 saturated carbocycles. The van der Waals surface area contributed by atoms with Crippen molar-refractivity contribution < 1.29 is 38.1 Å². The Morgan fingerprint density at radius 3 is 0.682 bits per heavy atom. The number of nitrogens with one attached hydrogen (secondary N) is 4. The van der Waals surface area contributed by atoms with E-state index in [1.54, 1.807) is 0 Å². The van der Waals surface area contributed by atoms with Crippen LogP contribution in [0.1, 0.15) is 312 Å². The van der Waals surface area contributed by atoms with Crippen LogP contribution in [0.3, 0.4) is 0 Å². The van der Waals surface area contributed by atoms with Gasteiger partial charge in [0.25, 0.3) is 0 Å². The summed E-state index contributed by atoms with van der Waals surface area (Å²) >= 11 is 0. The Morgan fingerprint density at radius 1 is 0.284 bits per heavy atom. The van der Waals surface area contributed by atoms with Gasteiger partial charge in [-0.1, -0.05) is 233 Å². The highest BCUT2D eigenvalue weighted by atomic mass is 16.5. The number of rotatable bonds is 70. The Labute approximate surface area is 544 Å². The lowest BCUT2D eigenvalue weighted by atomic mass is 10.1. The molecule has 0 aromatic carbocycles. The fourth-order valence-corrected chi connectivity index (χ4v) is 11.2. The van der Waals surface area contributed by atoms with E-state index in [4.69, 9.17) is 18.9 Å². The number of carbonyl (C=O) groups is 4. The maximum atomic E-state index is 13.2. The molecule has 0 aromatic rings. The number of nitrogens with zero attached hydrogens (tertiary/aromatic N) is 3. The van der Waals surface area contributed by atoms with Crippen LogP contribution in [0.15, 0.2) is 0 Å². The summed E-state index contributed by atoms with van der Waals surface area (Å²) in [7, 11) is 2.09. The molecule has 15 nitrogen and oxygen atoms in total. The Morgan fingerprint density at radius 2 is 0.477 bits per heavy atom. The van der Waals surface area contributed by atoms with Crippen LogP contribution in [0.4, 0.5) is 0 Å². The third kappa shape index (κ3) is 62.4. The fraction of sp³-hybridized carbons (Fsp3) is 0.945. The fourth-order valence-electron chi connectivity index (χ4n) is 11.2. The lowest BCUT2D eigenvalue weighted by molar-refractivity contribution is -0.123. The van der Waals surface area contributed by atoms with Crippen molar-refractivity contribution in [1.82, 2.24) is 36.0 Å². The lowest BCUT2D eigenvalue weighted by Gasteiger charge is -2.28. The summed E-state index contributed by atoms with van der Waals surface area (Å²) < 4.78 is 24.2. The van der Waals surface area contributed by atoms with Gasteiger partial charge in [0.1, 0.15) is 0 Å². The molecule has 4 atom stereocenters. The lowest BCUT2D eigenvalue weighted by Crippen LogP contribution is -2.42. The highest BCUT2D eigenvalue weighted by Gasteiger charge is 2.16. The number of amides is 4. The van der Waals surface area contributed by atoms with E-state index < -0.39 is 0 Å². The van der Waals surface area contributed by atoms with Gasteiger partial charge < -0.3 is 54.9 Å². The van der Waals surface area contributed by atoms with E-state index in [0.29, 0.717) is 118 Å². The molecule has 0 radical (unpaired) electrons. The Kier molecular flexibility index (Phi) is 64.3. The van der Waals surface area contributed by atoms with Crippen LogP contribution in [0, 0.1) is 0 Å². The zero-order valence-electron chi connectivity index (χ0n) is 59.5. The second kappa shape index (κ2) is 66.1. The molecule has 0 aliphatic carbocycles. The van der Waals surface area contributed by atoms with Gasteiger partial charge in [0.05, 0.1) is 50.8 Å². The van der Waals surface area contributed by atoms with Crippen molar-refractivity contribution >= 4 is 23.6 Å². The van der Waals surface area contributed by atoms with Crippen LogP contribution >= 0.6 is 0 Å². The van der Waals surface area contributed by atoms with Gasteiger partial charge in [-0.25, -0.2) is 0 Å². The minimum atomic E-state index is -0.0172. The molecular weight excluding hydrogens is 1100 g/mol. The van der Waals surface area contributed by atoms with Crippen molar-refractivity contribution in [2.24, 2.45) is 0 Å². The molecule has 15 heteroatoms. The van der Waals surface area contributed by atoms with E-state index in [1.807, 2.05) is 0 Å². The predicted molar refractivity (Wildman–Crippen MR) is 371 cm³/mol. The van der Waals surface area contributed by atoms with Gasteiger partial charge in [-0.05, 0) is 60.4 Å². The van der Waals surface area contributed by atoms with Crippen LogP contribution in [-0.4, -0.2) is 175 Å². The van der Waals surface area contributed by atoms with Crippen LogP contribution in [0.2, 0.25) is 0 Å². The average molecular weight is 1250 g/mol. The summed E-state index contributed by atoms with van der Waals surface area (Å²) in [5, 5.41) is 12.3. The number of hydrogen-bond acceptors (Lipinski definition) is 11. The molecule has 4 amide bonds. The van der Waals surface area contributed by atoms with Crippen molar-refractivity contribution in [3.05, 3.63) is 0 Å². The van der Waals surface area contributed by atoms with Crippen molar-refractivity contribution in [3.8, 4) is 0 Å². The van der Waals surface area contributed by atoms with Gasteiger partial charge in [0, 0.05) is 104 Å². The number of ether oxygens (including phenoxy) is 4. The summed E-state index contributed by atoms with van der Waals surface area (Å²) in [5.41, 5.74) is 0. The van der Waals surface area contributed by atoms with Crippen LogP contribution in [0.25, 0.3) is 0 Å². The molecule has 0 rings (SSSR count). The normalized spacial score (nSPS) is 13.1. The Hall–Kier alpha value is -2.40. The third-order valence-corrected chi connectivity index (χ3v) is 17.4. The van der Waals surface area contributed by atoms with E-state index in [1.165, 1.54) is 205 Å². The van der Waals surface area contributed by atoms with E-state index in [9.17, 15) is 19.2 Å². The van der Waals surface area contributed by atoms with Crippen LogP contribution in [-0.2, 0) is 38.1 Å². The third-order valence-electron chi connectivity index (χ3n) is 17.4. The highest BCUT2D eigenvalue weighted by Crippen LogP contribution is 2.16. The molecule has 0 aliphatic heterocycles. The molecule has 0 heterocycles. The van der Waals surface area contributed by atoms with E-state index in [0.717, 1.165) is 38.8 Å². The molecule has 4 unspecified atom stereocenters. The highest BCUT2D eigenvalue weighted by molar-refractivity contribution is 5.77. The molecule has 88 heavy (non-hydrogen) atoms. The molecular formula is C73H147N7O8. The molecule has 0 aliphatic rings. The standard InChI is InChI=1S/C73H147N7O8/c1-10-14-18-22-26-30-34-38-42-66(5)85-62-50-74-70(81)46-54-79(55-47-71(82)75-51-63-86-67(6)43-39-35-31-27-23-19-15-11-2)60-58-78(9)59-61-80(56-48-72(83)76-52-64-87-68(7)44-40-36-32-28-24-20-16-12-3)57-49-73(84)77-53-65-88-69(8)45-41-37-33-29-25-21-17-13-4/h66-69H,10-65H2,1-9H3,(H,74,81)(H,75,82)(H,76,83)(H,77,84). The first-order chi connectivity index (χ1) is 42.8. The largest absolute Gasteiger partial charge is 0.377 e. The van der Waals surface area contributed by atoms with Crippen molar-refractivity contribution in [3.63, 3.8) is 0 Å². The minimum Gasteiger partial charge on any atom is -0.377 e. The molecule has 0 fully saturated rings. The zero-order chi connectivity index (χ0) is 64.6. The van der Waals surface area contributed by atoms with E-state index >= 15 is 0 Å². The predicted octanol–water partition coefficient (Wildman–Crippen LogP) is 15.3. The second-order valence-electron chi connectivity index (χ2n) is 26.2. The summed E-state index contributed by atoms with van der Waals surface area (Å²) in [4.78, 5) is 59.4. The topological polar surface area (TPSA) is 163 Å². The SMILES string of the molecule is CCCCCCCCCCC(C)OCCNC(=O)CCN(CCC(=O)NCCOC(C)CCCCCCCCCC)CCN(C)CCN(CCC(=O)NCCOC(C)CCCCCCCCCC)CCC(=O)NCCOC(C)CCCCCCCCCC. The summed E-state index contributed by atoms with van der Waals surface area (Å²) in [6, 6.07) is 0.